The molecule has 0 aromatic heterocycles. The number of hydrogen-bond donors (Lipinski definition) is 0. The zero-order chi connectivity index (χ0) is 14.7. The molecule has 2 aromatic carbocycles. The molecule has 0 spiro atoms. The van der Waals surface area contributed by atoms with E-state index >= 15 is 0 Å². The summed E-state index contributed by atoms with van der Waals surface area (Å²) in [6.07, 6.45) is 4.44. The van der Waals surface area contributed by atoms with E-state index < -0.39 is 0 Å². The number of hydrogen-bond acceptors (Lipinski definition) is 2. The summed E-state index contributed by atoms with van der Waals surface area (Å²) in [6.45, 7) is 4.14. The Balaban J connectivity index is 1.95. The minimum atomic E-state index is 0.449. The van der Waals surface area contributed by atoms with Crippen LogP contribution >= 0.6 is 0 Å². The van der Waals surface area contributed by atoms with Crippen LogP contribution in [0.3, 0.4) is 0 Å². The van der Waals surface area contributed by atoms with Crippen LogP contribution in [0.15, 0.2) is 48.5 Å². The van der Waals surface area contributed by atoms with Gasteiger partial charge in [0, 0.05) is 0 Å². The van der Waals surface area contributed by atoms with Gasteiger partial charge in [-0.3, -0.25) is 0 Å². The molecule has 0 amide bonds. The summed E-state index contributed by atoms with van der Waals surface area (Å²) in [5.41, 5.74) is 5.16. The lowest BCUT2D eigenvalue weighted by atomic mass is 9.87. The number of benzene rings is 2. The van der Waals surface area contributed by atoms with Crippen LogP contribution in [0.4, 0.5) is 0 Å². The van der Waals surface area contributed by atoms with E-state index in [0.29, 0.717) is 6.61 Å². The lowest BCUT2D eigenvalue weighted by Gasteiger charge is -2.19. The first-order valence-corrected chi connectivity index (χ1v) is 7.22. The van der Waals surface area contributed by atoms with E-state index in [1.165, 1.54) is 22.3 Å². The molecular weight excluding hydrogens is 260 g/mol. The van der Waals surface area contributed by atoms with Crippen LogP contribution < -0.4 is 9.47 Å². The molecule has 1 radical (unpaired) electrons. The number of ether oxygens (including phenoxy) is 2. The van der Waals surface area contributed by atoms with Crippen molar-refractivity contribution in [2.45, 2.75) is 12.8 Å². The van der Waals surface area contributed by atoms with Gasteiger partial charge in [-0.15, -0.1) is 0 Å². The first-order chi connectivity index (χ1) is 10.3. The highest BCUT2D eigenvalue weighted by Crippen LogP contribution is 2.34. The fourth-order valence-electron chi connectivity index (χ4n) is 2.77. The molecule has 0 saturated heterocycles. The molecule has 0 atom stereocenters. The first kappa shape index (κ1) is 13.7. The Hall–Kier alpha value is -2.22. The number of fused-ring (bicyclic) bond motifs is 1. The zero-order valence-corrected chi connectivity index (χ0v) is 12.3. The van der Waals surface area contributed by atoms with E-state index in [4.69, 9.17) is 9.47 Å². The van der Waals surface area contributed by atoms with Crippen molar-refractivity contribution in [2.24, 2.45) is 0 Å². The number of aryl methyl sites for hydroxylation is 1. The van der Waals surface area contributed by atoms with Crippen LogP contribution in [0.1, 0.15) is 23.1 Å². The average Bonchev–Trinajstić information content (AvgIpc) is 2.55. The molecule has 2 heteroatoms. The Morgan fingerprint density at radius 3 is 2.52 bits per heavy atom. The lowest BCUT2D eigenvalue weighted by Crippen LogP contribution is -2.01. The lowest BCUT2D eigenvalue weighted by molar-refractivity contribution is 0.361. The van der Waals surface area contributed by atoms with Crippen LogP contribution in [-0.4, -0.2) is 13.7 Å². The maximum atomic E-state index is 5.40. The number of allylic oxidation sites excluding steroid dienone is 1. The molecule has 21 heavy (non-hydrogen) atoms. The highest BCUT2D eigenvalue weighted by atomic mass is 16.5. The predicted octanol–water partition coefficient (Wildman–Crippen LogP) is 4.29. The highest BCUT2D eigenvalue weighted by molar-refractivity contribution is 5.83. The quantitative estimate of drug-likeness (QED) is 0.831. The van der Waals surface area contributed by atoms with Gasteiger partial charge in [-0.25, -0.2) is 0 Å². The minimum Gasteiger partial charge on any atom is -0.497 e. The van der Waals surface area contributed by atoms with E-state index in [1.54, 1.807) is 7.11 Å². The van der Waals surface area contributed by atoms with Gasteiger partial charge in [0.2, 0.25) is 0 Å². The number of methoxy groups -OCH3 is 1. The minimum absolute atomic E-state index is 0.449. The Morgan fingerprint density at radius 1 is 1.05 bits per heavy atom. The first-order valence-electron chi connectivity index (χ1n) is 7.22. The Bertz CT molecular complexity index is 654. The van der Waals surface area contributed by atoms with Gasteiger partial charge in [-0.2, -0.15) is 0 Å². The van der Waals surface area contributed by atoms with Gasteiger partial charge in [0.25, 0.3) is 0 Å². The summed E-state index contributed by atoms with van der Waals surface area (Å²) in [7, 11) is 1.71. The smallest absolute Gasteiger partial charge is 0.119 e. The fourth-order valence-corrected chi connectivity index (χ4v) is 2.77. The Labute approximate surface area is 126 Å². The average molecular weight is 279 g/mol. The van der Waals surface area contributed by atoms with Crippen molar-refractivity contribution in [3.05, 3.63) is 72.2 Å². The predicted molar refractivity (Wildman–Crippen MR) is 85.7 cm³/mol. The van der Waals surface area contributed by atoms with Gasteiger partial charge in [0.1, 0.15) is 11.5 Å². The summed E-state index contributed by atoms with van der Waals surface area (Å²) in [5.74, 6) is 1.79. The number of rotatable bonds is 4. The summed E-state index contributed by atoms with van der Waals surface area (Å²) in [5, 5.41) is 0. The molecule has 0 fully saturated rings. The van der Waals surface area contributed by atoms with E-state index in [-0.39, 0.29) is 0 Å². The third-order valence-corrected chi connectivity index (χ3v) is 3.80. The molecule has 0 unspecified atom stereocenters. The monoisotopic (exact) mass is 279 g/mol. The van der Waals surface area contributed by atoms with Crippen LogP contribution in [0.25, 0.3) is 5.57 Å². The second-order valence-corrected chi connectivity index (χ2v) is 5.05. The molecule has 0 heterocycles. The molecule has 0 saturated carbocycles. The highest BCUT2D eigenvalue weighted by Gasteiger charge is 2.14. The second kappa shape index (κ2) is 6.04. The summed E-state index contributed by atoms with van der Waals surface area (Å²) in [6, 6.07) is 14.5. The molecule has 107 valence electrons. The third-order valence-electron chi connectivity index (χ3n) is 3.80. The topological polar surface area (TPSA) is 18.5 Å². The van der Waals surface area contributed by atoms with Crippen LogP contribution in [0.5, 0.6) is 11.5 Å². The Kier molecular flexibility index (Phi) is 3.96. The van der Waals surface area contributed by atoms with E-state index in [2.05, 4.69) is 37.3 Å². The third kappa shape index (κ3) is 2.80. The van der Waals surface area contributed by atoms with Crippen molar-refractivity contribution in [1.29, 1.82) is 0 Å². The molecular formula is C19H19O2. The van der Waals surface area contributed by atoms with Gasteiger partial charge in [0.15, 0.2) is 0 Å². The molecule has 2 aromatic rings. The summed E-state index contributed by atoms with van der Waals surface area (Å²) in [4.78, 5) is 0. The fraction of sp³-hybridized carbons (Fsp3) is 0.211. The standard InChI is InChI=1S/C19H19O2/c1-3-21-16-9-7-14(8-10-16)18-6-4-5-15-13-17(20-2)11-12-19(15)18/h6-13H,1,3-5H2,2H3. The largest absolute Gasteiger partial charge is 0.497 e. The molecule has 2 nitrogen and oxygen atoms in total. The van der Waals surface area contributed by atoms with E-state index in [9.17, 15) is 0 Å². The molecule has 0 N–H and O–H groups in total. The van der Waals surface area contributed by atoms with E-state index in [0.717, 1.165) is 24.3 Å². The van der Waals surface area contributed by atoms with Crippen LogP contribution in [0.2, 0.25) is 0 Å². The maximum Gasteiger partial charge on any atom is 0.119 e. The molecule has 0 bridgehead atoms. The SMILES string of the molecule is [CH2]COc1ccc(C2=CCCc3cc(OC)ccc32)cc1. The molecule has 0 aliphatic heterocycles. The van der Waals surface area contributed by atoms with Crippen molar-refractivity contribution in [3.8, 4) is 11.5 Å². The van der Waals surface area contributed by atoms with Crippen molar-refractivity contribution >= 4 is 5.57 Å². The van der Waals surface area contributed by atoms with Crippen molar-refractivity contribution in [1.82, 2.24) is 0 Å². The van der Waals surface area contributed by atoms with E-state index in [1.807, 2.05) is 18.2 Å². The van der Waals surface area contributed by atoms with Crippen molar-refractivity contribution in [2.75, 3.05) is 13.7 Å². The van der Waals surface area contributed by atoms with Gasteiger partial charge < -0.3 is 9.47 Å². The zero-order valence-electron chi connectivity index (χ0n) is 12.3. The van der Waals surface area contributed by atoms with Gasteiger partial charge in [-0.05, 0) is 66.3 Å². The molecule has 3 rings (SSSR count). The normalized spacial score (nSPS) is 13.3. The van der Waals surface area contributed by atoms with Crippen LogP contribution in [-0.2, 0) is 6.42 Å². The molecule has 1 aliphatic rings. The summed E-state index contributed by atoms with van der Waals surface area (Å²) >= 11 is 0. The second-order valence-electron chi connectivity index (χ2n) is 5.05. The Morgan fingerprint density at radius 2 is 1.81 bits per heavy atom. The van der Waals surface area contributed by atoms with Crippen molar-refractivity contribution < 1.29 is 9.47 Å². The maximum absolute atomic E-state index is 5.40. The molecule has 1 aliphatic carbocycles. The summed E-state index contributed by atoms with van der Waals surface area (Å²) < 4.78 is 10.7. The van der Waals surface area contributed by atoms with Gasteiger partial charge in [0.05, 0.1) is 13.7 Å². The van der Waals surface area contributed by atoms with Crippen molar-refractivity contribution in [3.63, 3.8) is 0 Å². The van der Waals surface area contributed by atoms with Gasteiger partial charge >= 0.3 is 0 Å². The van der Waals surface area contributed by atoms with Crippen LogP contribution in [0, 0.1) is 6.92 Å². The van der Waals surface area contributed by atoms with Gasteiger partial charge in [-0.1, -0.05) is 24.3 Å².